The smallest absolute Gasteiger partial charge is 0.345 e. The van der Waals surface area contributed by atoms with Gasteiger partial charge in [-0.1, -0.05) is 19.8 Å². The Morgan fingerprint density at radius 3 is 2.53 bits per heavy atom. The fourth-order valence-electron chi connectivity index (χ4n) is 5.20. The van der Waals surface area contributed by atoms with Gasteiger partial charge in [-0.05, 0) is 55.4 Å². The van der Waals surface area contributed by atoms with Crippen molar-refractivity contribution in [3.8, 4) is 11.5 Å². The van der Waals surface area contributed by atoms with Gasteiger partial charge in [0.05, 0.1) is 19.9 Å². The topological polar surface area (TPSA) is 88.5 Å². The third kappa shape index (κ3) is 3.98. The van der Waals surface area contributed by atoms with Crippen LogP contribution in [0.15, 0.2) is 34.4 Å². The maximum Gasteiger partial charge on any atom is 0.345 e. The highest BCUT2D eigenvalue weighted by molar-refractivity contribution is 7.88. The van der Waals surface area contributed by atoms with Crippen molar-refractivity contribution in [3.63, 3.8) is 0 Å². The highest BCUT2D eigenvalue weighted by Crippen LogP contribution is 2.40. The number of ether oxygens (including phenoxy) is 2. The summed E-state index contributed by atoms with van der Waals surface area (Å²) in [5.41, 5.74) is 0.870. The lowest BCUT2D eigenvalue weighted by Crippen LogP contribution is -2.54. The van der Waals surface area contributed by atoms with E-state index in [4.69, 9.17) is 9.47 Å². The second-order valence-electron chi connectivity index (χ2n) is 8.80. The van der Waals surface area contributed by atoms with Crippen molar-refractivity contribution in [2.45, 2.75) is 45.1 Å². The molecule has 1 aromatic carbocycles. The van der Waals surface area contributed by atoms with Crippen LogP contribution >= 0.6 is 0 Å². The quantitative estimate of drug-likeness (QED) is 0.688. The molecule has 4 rings (SSSR count). The highest BCUT2D eigenvalue weighted by atomic mass is 32.2. The maximum atomic E-state index is 13.7. The van der Waals surface area contributed by atoms with Crippen molar-refractivity contribution >= 4 is 21.8 Å². The number of allylic oxidation sites excluding steroid dienone is 1. The van der Waals surface area contributed by atoms with E-state index in [0.717, 1.165) is 30.0 Å². The van der Waals surface area contributed by atoms with Crippen LogP contribution in [0.1, 0.15) is 44.6 Å². The second kappa shape index (κ2) is 8.77. The summed E-state index contributed by atoms with van der Waals surface area (Å²) in [7, 11) is 0.397. The number of carbonyl (C=O) groups is 1. The molecule has 8 nitrogen and oxygen atoms in total. The van der Waals surface area contributed by atoms with Crippen LogP contribution in [0, 0.1) is 11.8 Å². The van der Waals surface area contributed by atoms with Gasteiger partial charge in [-0.3, -0.25) is 4.79 Å². The van der Waals surface area contributed by atoms with E-state index < -0.39 is 10.2 Å². The van der Waals surface area contributed by atoms with Crippen molar-refractivity contribution in [3.05, 3.63) is 35.5 Å². The maximum absolute atomic E-state index is 13.7. The van der Waals surface area contributed by atoms with E-state index in [0.29, 0.717) is 35.4 Å². The number of fused-ring (bicyclic) bond motifs is 1. The number of amides is 1. The first-order valence-corrected chi connectivity index (χ1v) is 12.5. The molecule has 0 spiro atoms. The minimum absolute atomic E-state index is 0.128. The van der Waals surface area contributed by atoms with Crippen molar-refractivity contribution in [2.24, 2.45) is 16.2 Å². The van der Waals surface area contributed by atoms with E-state index in [1.54, 1.807) is 24.3 Å². The molecular formula is C23H31N3O5S. The molecule has 1 saturated heterocycles. The Morgan fingerprint density at radius 2 is 1.81 bits per heavy atom. The van der Waals surface area contributed by atoms with E-state index in [2.05, 4.69) is 11.3 Å². The summed E-state index contributed by atoms with van der Waals surface area (Å²) in [6, 6.07) is 5.23. The average Bonchev–Trinajstić information content (AvgIpc) is 2.80. The van der Waals surface area contributed by atoms with Gasteiger partial charge in [0, 0.05) is 25.2 Å². The van der Waals surface area contributed by atoms with Gasteiger partial charge in [0.15, 0.2) is 11.5 Å². The SMILES string of the molecule is COc1ccc(C2=NS(=O)(=O)N(C)C(C(=O)N3CCC(C)C4CCCCC43)=C2)cc1OC. The molecule has 3 aliphatic rings. The van der Waals surface area contributed by atoms with Crippen LogP contribution in [0.3, 0.4) is 0 Å². The first-order valence-electron chi connectivity index (χ1n) is 11.1. The minimum Gasteiger partial charge on any atom is -0.493 e. The Bertz CT molecular complexity index is 1070. The van der Waals surface area contributed by atoms with Crippen LogP contribution in [0.4, 0.5) is 0 Å². The average molecular weight is 462 g/mol. The number of carbonyl (C=O) groups excluding carboxylic acids is 1. The molecule has 9 heteroatoms. The molecule has 1 saturated carbocycles. The molecule has 3 unspecified atom stereocenters. The van der Waals surface area contributed by atoms with E-state index in [1.807, 2.05) is 4.90 Å². The van der Waals surface area contributed by atoms with Gasteiger partial charge in [0.1, 0.15) is 5.70 Å². The first-order chi connectivity index (χ1) is 15.3. The summed E-state index contributed by atoms with van der Waals surface area (Å²) >= 11 is 0. The third-order valence-electron chi connectivity index (χ3n) is 7.07. The lowest BCUT2D eigenvalue weighted by Gasteiger charge is -2.47. The van der Waals surface area contributed by atoms with Crippen molar-refractivity contribution < 1.29 is 22.7 Å². The summed E-state index contributed by atoms with van der Waals surface area (Å²) in [6.45, 7) is 2.91. The number of hydrogen-bond donors (Lipinski definition) is 0. The number of likely N-dealkylation sites (tertiary alicyclic amines) is 1. The van der Waals surface area contributed by atoms with Crippen LogP contribution < -0.4 is 9.47 Å². The second-order valence-corrected chi connectivity index (χ2v) is 10.4. The molecule has 2 heterocycles. The molecule has 174 valence electrons. The summed E-state index contributed by atoms with van der Waals surface area (Å²) in [4.78, 5) is 15.6. The fraction of sp³-hybridized carbons (Fsp3) is 0.565. The van der Waals surface area contributed by atoms with Gasteiger partial charge in [-0.15, -0.1) is 4.40 Å². The van der Waals surface area contributed by atoms with Crippen molar-refractivity contribution in [1.82, 2.24) is 9.21 Å². The number of hydrogen-bond acceptors (Lipinski definition) is 5. The lowest BCUT2D eigenvalue weighted by atomic mass is 9.72. The number of nitrogens with zero attached hydrogens (tertiary/aromatic N) is 3. The van der Waals surface area contributed by atoms with E-state index >= 15 is 0 Å². The zero-order chi connectivity index (χ0) is 23.0. The molecule has 0 bridgehead atoms. The zero-order valence-corrected chi connectivity index (χ0v) is 19.9. The van der Waals surface area contributed by atoms with Gasteiger partial charge >= 0.3 is 10.2 Å². The van der Waals surface area contributed by atoms with Crippen LogP contribution in [0.2, 0.25) is 0 Å². The number of likely N-dealkylation sites (N-methyl/N-ethyl adjacent to an activating group) is 1. The molecule has 1 amide bonds. The number of benzene rings is 1. The van der Waals surface area contributed by atoms with Gasteiger partial charge < -0.3 is 14.4 Å². The molecule has 0 N–H and O–H groups in total. The van der Waals surface area contributed by atoms with Crippen LogP contribution in [-0.4, -0.2) is 63.1 Å². The van der Waals surface area contributed by atoms with Crippen LogP contribution in [0.25, 0.3) is 0 Å². The van der Waals surface area contributed by atoms with E-state index in [1.165, 1.54) is 27.7 Å². The monoisotopic (exact) mass is 461 g/mol. The Balaban J connectivity index is 1.71. The molecule has 3 atom stereocenters. The zero-order valence-electron chi connectivity index (χ0n) is 19.1. The molecular weight excluding hydrogens is 430 g/mol. The van der Waals surface area contributed by atoms with E-state index in [9.17, 15) is 13.2 Å². The van der Waals surface area contributed by atoms with E-state index in [-0.39, 0.29) is 23.4 Å². The predicted octanol–water partition coefficient (Wildman–Crippen LogP) is 2.99. The van der Waals surface area contributed by atoms with Crippen LogP contribution in [-0.2, 0) is 15.0 Å². The van der Waals surface area contributed by atoms with Crippen molar-refractivity contribution in [1.29, 1.82) is 0 Å². The molecule has 2 aliphatic heterocycles. The molecule has 0 aromatic heterocycles. The third-order valence-corrected chi connectivity index (χ3v) is 8.39. The summed E-state index contributed by atoms with van der Waals surface area (Å²) < 4.78 is 41.2. The van der Waals surface area contributed by atoms with Gasteiger partial charge in [-0.2, -0.15) is 8.42 Å². The molecule has 0 radical (unpaired) electrons. The van der Waals surface area contributed by atoms with Gasteiger partial charge in [0.25, 0.3) is 5.91 Å². The van der Waals surface area contributed by atoms with Gasteiger partial charge in [0.2, 0.25) is 0 Å². The van der Waals surface area contributed by atoms with Gasteiger partial charge in [-0.25, -0.2) is 4.31 Å². The Hall–Kier alpha value is -2.55. The summed E-state index contributed by atoms with van der Waals surface area (Å²) in [5, 5.41) is 0. The molecule has 32 heavy (non-hydrogen) atoms. The fourth-order valence-corrected chi connectivity index (χ4v) is 6.11. The Morgan fingerprint density at radius 1 is 1.09 bits per heavy atom. The van der Waals surface area contributed by atoms with Crippen molar-refractivity contribution in [2.75, 3.05) is 27.8 Å². The number of piperidine rings is 1. The lowest BCUT2D eigenvalue weighted by molar-refractivity contribution is -0.135. The Kier molecular flexibility index (Phi) is 6.20. The highest BCUT2D eigenvalue weighted by Gasteiger charge is 2.42. The standard InChI is InChI=1S/C23H31N3O5S/c1-15-11-12-26(19-8-6-5-7-17(15)19)23(27)20-14-18(24-32(28,29)25(20)2)16-9-10-21(30-3)22(13-16)31-4/h9-10,13-15,17,19H,5-8,11-12H2,1-4H3. The number of rotatable bonds is 4. The first kappa shape index (κ1) is 22.6. The largest absolute Gasteiger partial charge is 0.493 e. The molecule has 1 aromatic rings. The number of methoxy groups -OCH3 is 2. The normalized spacial score (nSPS) is 27.2. The molecule has 2 fully saturated rings. The predicted molar refractivity (Wildman–Crippen MR) is 122 cm³/mol. The Labute approximate surface area is 190 Å². The summed E-state index contributed by atoms with van der Waals surface area (Å²) in [6.07, 6.45) is 6.90. The molecule has 1 aliphatic carbocycles. The summed E-state index contributed by atoms with van der Waals surface area (Å²) in [5.74, 6) is 1.80. The minimum atomic E-state index is -4.03. The van der Waals surface area contributed by atoms with Crippen LogP contribution in [0.5, 0.6) is 11.5 Å².